The number of hydrogen-bond acceptors (Lipinski definition) is 4. The van der Waals surface area contributed by atoms with E-state index >= 15 is 0 Å². The molecule has 0 aromatic heterocycles. The van der Waals surface area contributed by atoms with Crippen LogP contribution < -0.4 is 10.0 Å². The van der Waals surface area contributed by atoms with E-state index in [1.807, 2.05) is 19.9 Å². The van der Waals surface area contributed by atoms with E-state index in [4.69, 9.17) is 0 Å². The van der Waals surface area contributed by atoms with Gasteiger partial charge in [0.25, 0.3) is 0 Å². The number of aryl methyl sites for hydroxylation is 1. The van der Waals surface area contributed by atoms with Crippen molar-refractivity contribution in [1.82, 2.24) is 5.32 Å². The van der Waals surface area contributed by atoms with Crippen molar-refractivity contribution in [3.8, 4) is 0 Å². The highest BCUT2D eigenvalue weighted by Crippen LogP contribution is 2.23. The predicted octanol–water partition coefficient (Wildman–Crippen LogP) is 1.64. The summed E-state index contributed by atoms with van der Waals surface area (Å²) in [6, 6.07) is 3.93. The summed E-state index contributed by atoms with van der Waals surface area (Å²) in [6.07, 6.45) is 1.88. The van der Waals surface area contributed by atoms with Crippen molar-refractivity contribution in [3.05, 3.63) is 28.8 Å². The average molecular weight is 318 g/mol. The highest BCUT2D eigenvalue weighted by Gasteiger charge is 2.13. The van der Waals surface area contributed by atoms with Gasteiger partial charge in [-0.1, -0.05) is 6.07 Å². The fraction of sp³-hybridized carbons (Fsp3) is 0.462. The van der Waals surface area contributed by atoms with E-state index in [9.17, 15) is 8.42 Å². The molecule has 0 bridgehead atoms. The van der Waals surface area contributed by atoms with Crippen LogP contribution in [0, 0.1) is 13.8 Å². The lowest BCUT2D eigenvalue weighted by atomic mass is 10.0. The molecule has 0 amide bonds. The van der Waals surface area contributed by atoms with Crippen LogP contribution in [0.1, 0.15) is 16.7 Å². The van der Waals surface area contributed by atoms with Gasteiger partial charge in [0.1, 0.15) is 5.84 Å². The second-order valence-electron chi connectivity index (χ2n) is 4.90. The molecule has 0 saturated heterocycles. The van der Waals surface area contributed by atoms with Gasteiger partial charge in [-0.2, -0.15) is 0 Å². The van der Waals surface area contributed by atoms with E-state index in [0.717, 1.165) is 41.9 Å². The zero-order valence-electron chi connectivity index (χ0n) is 11.9. The standard InChI is InChI=1S/C13H19N3O2S.ClH/c1-9-6-11(8-13-14-4-5-15-13)10(2)12(7-9)16-19(3,17)18;/h6-7,16H,4-5,8H2,1-3H3,(H,14,15);1H. The zero-order valence-corrected chi connectivity index (χ0v) is 13.5. The highest BCUT2D eigenvalue weighted by atomic mass is 35.5. The van der Waals surface area contributed by atoms with Crippen molar-refractivity contribution >= 4 is 34.0 Å². The number of amidine groups is 1. The van der Waals surface area contributed by atoms with Crippen LogP contribution in [0.5, 0.6) is 0 Å². The van der Waals surface area contributed by atoms with Gasteiger partial charge in [-0.05, 0) is 36.6 Å². The fourth-order valence-electron chi connectivity index (χ4n) is 2.17. The third kappa shape index (κ3) is 4.38. The molecule has 1 aliphatic heterocycles. The molecule has 0 unspecified atom stereocenters. The zero-order chi connectivity index (χ0) is 14.0. The maximum absolute atomic E-state index is 11.4. The Morgan fingerprint density at radius 1 is 1.35 bits per heavy atom. The minimum absolute atomic E-state index is 0. The molecule has 2 rings (SSSR count). The third-order valence-corrected chi connectivity index (χ3v) is 3.65. The molecule has 0 saturated carbocycles. The van der Waals surface area contributed by atoms with Gasteiger partial charge in [-0.15, -0.1) is 12.4 Å². The number of sulfonamides is 1. The molecule has 1 aliphatic rings. The number of aliphatic imine (C=N–C) groups is 1. The van der Waals surface area contributed by atoms with Crippen molar-refractivity contribution in [2.75, 3.05) is 24.1 Å². The molecule has 1 aromatic rings. The monoisotopic (exact) mass is 317 g/mol. The number of benzene rings is 1. The quantitative estimate of drug-likeness (QED) is 0.887. The first-order chi connectivity index (χ1) is 8.85. The Hall–Kier alpha value is -1.27. The molecule has 5 nitrogen and oxygen atoms in total. The lowest BCUT2D eigenvalue weighted by Gasteiger charge is -2.14. The van der Waals surface area contributed by atoms with E-state index < -0.39 is 10.0 Å². The molecule has 1 aromatic carbocycles. The maximum atomic E-state index is 11.4. The summed E-state index contributed by atoms with van der Waals surface area (Å²) in [6.45, 7) is 5.58. The summed E-state index contributed by atoms with van der Waals surface area (Å²) >= 11 is 0. The van der Waals surface area contributed by atoms with Gasteiger partial charge in [0, 0.05) is 13.0 Å². The molecule has 7 heteroatoms. The minimum Gasteiger partial charge on any atom is -0.372 e. The first-order valence-corrected chi connectivity index (χ1v) is 8.09. The summed E-state index contributed by atoms with van der Waals surface area (Å²) < 4.78 is 25.3. The molecular weight excluding hydrogens is 298 g/mol. The Morgan fingerprint density at radius 2 is 2.05 bits per heavy atom. The van der Waals surface area contributed by atoms with Crippen molar-refractivity contribution in [1.29, 1.82) is 0 Å². The van der Waals surface area contributed by atoms with Crippen molar-refractivity contribution in [2.45, 2.75) is 20.3 Å². The molecule has 2 N–H and O–H groups in total. The number of halogens is 1. The molecule has 1 heterocycles. The van der Waals surface area contributed by atoms with Crippen molar-refractivity contribution < 1.29 is 8.42 Å². The van der Waals surface area contributed by atoms with E-state index in [1.54, 1.807) is 0 Å². The summed E-state index contributed by atoms with van der Waals surface area (Å²) in [5, 5.41) is 3.23. The Balaban J connectivity index is 0.00000200. The molecular formula is C13H20ClN3O2S. The molecule has 0 atom stereocenters. The number of hydrogen-bond donors (Lipinski definition) is 2. The molecule has 0 aliphatic carbocycles. The van der Waals surface area contributed by atoms with Gasteiger partial charge in [0.2, 0.25) is 10.0 Å². The largest absolute Gasteiger partial charge is 0.372 e. The van der Waals surface area contributed by atoms with Crippen LogP contribution >= 0.6 is 12.4 Å². The Morgan fingerprint density at radius 3 is 2.60 bits per heavy atom. The van der Waals surface area contributed by atoms with Crippen LogP contribution in [0.25, 0.3) is 0 Å². The third-order valence-electron chi connectivity index (χ3n) is 3.06. The summed E-state index contributed by atoms with van der Waals surface area (Å²) in [7, 11) is -3.26. The van der Waals surface area contributed by atoms with Gasteiger partial charge < -0.3 is 5.32 Å². The van der Waals surface area contributed by atoms with E-state index in [0.29, 0.717) is 12.1 Å². The number of nitrogens with one attached hydrogen (secondary N) is 2. The van der Waals surface area contributed by atoms with E-state index in [1.165, 1.54) is 0 Å². The Kier molecular flexibility index (Phi) is 5.42. The lowest BCUT2D eigenvalue weighted by Crippen LogP contribution is -2.21. The minimum atomic E-state index is -3.26. The van der Waals surface area contributed by atoms with Crippen LogP contribution in [0.2, 0.25) is 0 Å². The topological polar surface area (TPSA) is 70.6 Å². The van der Waals surface area contributed by atoms with Gasteiger partial charge in [-0.25, -0.2) is 8.42 Å². The van der Waals surface area contributed by atoms with E-state index in [2.05, 4.69) is 21.1 Å². The maximum Gasteiger partial charge on any atom is 0.229 e. The van der Waals surface area contributed by atoms with Crippen LogP contribution in [0.4, 0.5) is 5.69 Å². The molecule has 112 valence electrons. The van der Waals surface area contributed by atoms with Gasteiger partial charge in [-0.3, -0.25) is 9.71 Å². The Labute approximate surface area is 126 Å². The second-order valence-corrected chi connectivity index (χ2v) is 6.65. The molecule has 0 fully saturated rings. The van der Waals surface area contributed by atoms with Gasteiger partial charge >= 0.3 is 0 Å². The van der Waals surface area contributed by atoms with Gasteiger partial charge in [0.15, 0.2) is 0 Å². The second kappa shape index (κ2) is 6.45. The summed E-state index contributed by atoms with van der Waals surface area (Å²) in [5.41, 5.74) is 3.73. The summed E-state index contributed by atoms with van der Waals surface area (Å²) in [5.74, 6) is 0.971. The average Bonchev–Trinajstić information content (AvgIpc) is 2.75. The Bertz CT molecular complexity index is 627. The summed E-state index contributed by atoms with van der Waals surface area (Å²) in [4.78, 5) is 4.37. The van der Waals surface area contributed by atoms with Gasteiger partial charge in [0.05, 0.1) is 18.5 Å². The van der Waals surface area contributed by atoms with Crippen molar-refractivity contribution in [2.24, 2.45) is 4.99 Å². The van der Waals surface area contributed by atoms with Crippen LogP contribution in [0.3, 0.4) is 0 Å². The smallest absolute Gasteiger partial charge is 0.229 e. The SMILES string of the molecule is Cc1cc(CC2=NCCN2)c(C)c(NS(C)(=O)=O)c1.Cl. The fourth-order valence-corrected chi connectivity index (χ4v) is 2.78. The van der Waals surface area contributed by atoms with E-state index in [-0.39, 0.29) is 12.4 Å². The molecule has 0 spiro atoms. The number of anilines is 1. The van der Waals surface area contributed by atoms with Crippen LogP contribution in [-0.2, 0) is 16.4 Å². The first-order valence-electron chi connectivity index (χ1n) is 6.20. The van der Waals surface area contributed by atoms with Crippen molar-refractivity contribution in [3.63, 3.8) is 0 Å². The first kappa shape index (κ1) is 16.8. The molecule has 20 heavy (non-hydrogen) atoms. The normalized spacial score (nSPS) is 14.2. The highest BCUT2D eigenvalue weighted by molar-refractivity contribution is 7.92. The predicted molar refractivity (Wildman–Crippen MR) is 85.6 cm³/mol. The lowest BCUT2D eigenvalue weighted by molar-refractivity contribution is 0.607. The number of rotatable bonds is 4. The van der Waals surface area contributed by atoms with Crippen LogP contribution in [0.15, 0.2) is 17.1 Å². The molecule has 0 radical (unpaired) electrons. The number of nitrogens with zero attached hydrogens (tertiary/aromatic N) is 1. The van der Waals surface area contributed by atoms with Crippen LogP contribution in [-0.4, -0.2) is 33.6 Å².